The summed E-state index contributed by atoms with van der Waals surface area (Å²) in [4.78, 5) is 8.63. The molecule has 0 spiro atoms. The average molecular weight is 327 g/mol. The van der Waals surface area contributed by atoms with Gasteiger partial charge in [0, 0.05) is 21.6 Å². The molecule has 0 N–H and O–H groups in total. The van der Waals surface area contributed by atoms with Crippen LogP contribution in [0.4, 0.5) is 4.39 Å². The van der Waals surface area contributed by atoms with E-state index in [1.807, 2.05) is 26.0 Å². The van der Waals surface area contributed by atoms with Crippen molar-refractivity contribution in [3.8, 4) is 0 Å². The Hall–Kier alpha value is -0.940. The summed E-state index contributed by atoms with van der Waals surface area (Å²) in [5, 5.41) is 0.690. The maximum absolute atomic E-state index is 13.6. The number of hydrogen-bond donors (Lipinski definition) is 0. The molecule has 2 rings (SSSR count). The maximum atomic E-state index is 13.6. The Balaban J connectivity index is 2.11. The fourth-order valence-corrected chi connectivity index (χ4v) is 2.81. The summed E-state index contributed by atoms with van der Waals surface area (Å²) >= 11 is 4.68. The van der Waals surface area contributed by atoms with Crippen molar-refractivity contribution in [2.75, 3.05) is 0 Å². The molecule has 0 aliphatic heterocycles. The number of benzene rings is 1. The van der Waals surface area contributed by atoms with E-state index in [-0.39, 0.29) is 5.82 Å². The van der Waals surface area contributed by atoms with Crippen molar-refractivity contribution < 1.29 is 4.39 Å². The van der Waals surface area contributed by atoms with Gasteiger partial charge in [-0.25, -0.2) is 14.4 Å². The summed E-state index contributed by atoms with van der Waals surface area (Å²) in [6.45, 7) is 3.86. The molecule has 2 nitrogen and oxygen atoms in total. The van der Waals surface area contributed by atoms with Crippen molar-refractivity contribution in [3.63, 3.8) is 0 Å². The van der Waals surface area contributed by atoms with Gasteiger partial charge in [-0.05, 0) is 37.6 Å². The van der Waals surface area contributed by atoms with Crippen molar-refractivity contribution in [1.29, 1.82) is 0 Å². The van der Waals surface area contributed by atoms with E-state index in [0.717, 1.165) is 15.9 Å². The summed E-state index contributed by atoms with van der Waals surface area (Å²) in [5.41, 5.74) is 2.52. The first-order chi connectivity index (χ1) is 8.54. The zero-order valence-corrected chi connectivity index (χ0v) is 12.5. The van der Waals surface area contributed by atoms with Crippen molar-refractivity contribution >= 4 is 27.7 Å². The van der Waals surface area contributed by atoms with Gasteiger partial charge in [0.15, 0.2) is 5.16 Å². The van der Waals surface area contributed by atoms with Crippen LogP contribution in [0.2, 0.25) is 0 Å². The lowest BCUT2D eigenvalue weighted by atomic mass is 10.2. The van der Waals surface area contributed by atoms with E-state index in [2.05, 4.69) is 25.9 Å². The molecule has 1 aromatic heterocycles. The molecule has 0 atom stereocenters. The lowest BCUT2D eigenvalue weighted by Crippen LogP contribution is -1.94. The monoisotopic (exact) mass is 326 g/mol. The predicted molar refractivity (Wildman–Crippen MR) is 75.2 cm³/mol. The van der Waals surface area contributed by atoms with Gasteiger partial charge in [0.2, 0.25) is 0 Å². The third kappa shape index (κ3) is 3.53. The summed E-state index contributed by atoms with van der Waals surface area (Å²) in [5.74, 6) is 0.323. The number of nitrogens with zero attached hydrogens (tertiary/aromatic N) is 2. The molecular formula is C13H12BrFN2S. The normalized spacial score (nSPS) is 10.7. The predicted octanol–water partition coefficient (Wildman–Crippen LogP) is 4.29. The smallest absolute Gasteiger partial charge is 0.188 e. The number of hydrogen-bond acceptors (Lipinski definition) is 3. The van der Waals surface area contributed by atoms with Crippen molar-refractivity contribution in [3.05, 3.63) is 51.5 Å². The molecule has 5 heteroatoms. The minimum absolute atomic E-state index is 0.207. The highest BCUT2D eigenvalue weighted by Crippen LogP contribution is 2.23. The van der Waals surface area contributed by atoms with Crippen molar-refractivity contribution in [2.45, 2.75) is 24.8 Å². The minimum atomic E-state index is -0.207. The Morgan fingerprint density at radius 1 is 1.17 bits per heavy atom. The first-order valence-corrected chi connectivity index (χ1v) is 7.21. The van der Waals surface area contributed by atoms with E-state index in [4.69, 9.17) is 0 Å². The van der Waals surface area contributed by atoms with Gasteiger partial charge in [-0.2, -0.15) is 0 Å². The molecule has 18 heavy (non-hydrogen) atoms. The highest BCUT2D eigenvalue weighted by Gasteiger charge is 2.06. The molecule has 0 saturated carbocycles. The van der Waals surface area contributed by atoms with E-state index in [1.54, 1.807) is 6.07 Å². The Kier molecular flexibility index (Phi) is 4.35. The third-order valence-electron chi connectivity index (χ3n) is 2.33. The quantitative estimate of drug-likeness (QED) is 0.621. The lowest BCUT2D eigenvalue weighted by molar-refractivity contribution is 0.616. The highest BCUT2D eigenvalue weighted by molar-refractivity contribution is 9.10. The first-order valence-electron chi connectivity index (χ1n) is 5.43. The van der Waals surface area contributed by atoms with E-state index >= 15 is 0 Å². The molecule has 94 valence electrons. The Morgan fingerprint density at radius 2 is 1.83 bits per heavy atom. The largest absolute Gasteiger partial charge is 0.228 e. The lowest BCUT2D eigenvalue weighted by Gasteiger charge is -2.04. The minimum Gasteiger partial charge on any atom is -0.228 e. The molecule has 0 saturated heterocycles. The third-order valence-corrected chi connectivity index (χ3v) is 3.72. The second-order valence-electron chi connectivity index (χ2n) is 3.96. The number of aromatic nitrogens is 2. The summed E-state index contributed by atoms with van der Waals surface area (Å²) < 4.78 is 14.4. The van der Waals surface area contributed by atoms with Crippen LogP contribution in [0.5, 0.6) is 0 Å². The van der Waals surface area contributed by atoms with E-state index in [0.29, 0.717) is 16.5 Å². The Morgan fingerprint density at radius 3 is 2.44 bits per heavy atom. The molecular weight excluding hydrogens is 315 g/mol. The summed E-state index contributed by atoms with van der Waals surface area (Å²) in [6.07, 6.45) is 0. The zero-order valence-electron chi connectivity index (χ0n) is 10.1. The van der Waals surface area contributed by atoms with Gasteiger partial charge in [0.25, 0.3) is 0 Å². The number of aryl methyl sites for hydroxylation is 2. The van der Waals surface area contributed by atoms with Gasteiger partial charge >= 0.3 is 0 Å². The van der Waals surface area contributed by atoms with Crippen LogP contribution in [0.1, 0.15) is 17.0 Å². The molecule has 0 fully saturated rings. The van der Waals surface area contributed by atoms with E-state index in [9.17, 15) is 4.39 Å². The number of halogens is 2. The summed E-state index contributed by atoms with van der Waals surface area (Å²) in [7, 11) is 0. The molecule has 0 amide bonds. The van der Waals surface area contributed by atoms with Crippen LogP contribution in [0.3, 0.4) is 0 Å². The first kappa shape index (κ1) is 13.5. The standard InChI is InChI=1S/C13H12BrFN2S/c1-8-5-9(2)17-13(16-8)18-7-10-3-4-11(14)6-12(10)15/h3-6H,7H2,1-2H3. The zero-order chi connectivity index (χ0) is 13.1. The van der Waals surface area contributed by atoms with Gasteiger partial charge < -0.3 is 0 Å². The highest BCUT2D eigenvalue weighted by atomic mass is 79.9. The molecule has 1 aromatic carbocycles. The van der Waals surface area contributed by atoms with Gasteiger partial charge in [-0.1, -0.05) is 33.8 Å². The van der Waals surface area contributed by atoms with Gasteiger partial charge in [-0.15, -0.1) is 0 Å². The van der Waals surface area contributed by atoms with Crippen LogP contribution in [0, 0.1) is 19.7 Å². The van der Waals surface area contributed by atoms with E-state index in [1.165, 1.54) is 17.8 Å². The van der Waals surface area contributed by atoms with Crippen LogP contribution in [-0.4, -0.2) is 9.97 Å². The summed E-state index contributed by atoms with van der Waals surface area (Å²) in [6, 6.07) is 7.00. The molecule has 0 unspecified atom stereocenters. The van der Waals surface area contributed by atoms with Crippen LogP contribution >= 0.6 is 27.7 Å². The average Bonchev–Trinajstić information content (AvgIpc) is 2.26. The fourth-order valence-electron chi connectivity index (χ4n) is 1.54. The molecule has 0 radical (unpaired) electrons. The van der Waals surface area contributed by atoms with Crippen LogP contribution in [-0.2, 0) is 5.75 Å². The molecule has 0 bridgehead atoms. The molecule has 0 aliphatic carbocycles. The topological polar surface area (TPSA) is 25.8 Å². The Bertz CT molecular complexity index is 555. The van der Waals surface area contributed by atoms with Crippen molar-refractivity contribution in [1.82, 2.24) is 9.97 Å². The number of thioether (sulfide) groups is 1. The van der Waals surface area contributed by atoms with Crippen LogP contribution in [0.25, 0.3) is 0 Å². The SMILES string of the molecule is Cc1cc(C)nc(SCc2ccc(Br)cc2F)n1. The second-order valence-corrected chi connectivity index (χ2v) is 5.82. The second kappa shape index (κ2) is 5.80. The van der Waals surface area contributed by atoms with Gasteiger partial charge in [0.05, 0.1) is 0 Å². The molecule has 2 aromatic rings. The Labute approximate surface area is 118 Å². The molecule has 1 heterocycles. The van der Waals surface area contributed by atoms with E-state index < -0.39 is 0 Å². The molecule has 0 aliphatic rings. The van der Waals surface area contributed by atoms with Gasteiger partial charge in [-0.3, -0.25) is 0 Å². The fraction of sp³-hybridized carbons (Fsp3) is 0.231. The van der Waals surface area contributed by atoms with Crippen molar-refractivity contribution in [2.24, 2.45) is 0 Å². The van der Waals surface area contributed by atoms with Crippen LogP contribution in [0.15, 0.2) is 33.9 Å². The van der Waals surface area contributed by atoms with Gasteiger partial charge in [0.1, 0.15) is 5.82 Å². The van der Waals surface area contributed by atoms with Crippen LogP contribution < -0.4 is 0 Å². The number of rotatable bonds is 3. The maximum Gasteiger partial charge on any atom is 0.188 e.